The second-order valence-corrected chi connectivity index (χ2v) is 4.43. The molecule has 19 heavy (non-hydrogen) atoms. The van der Waals surface area contributed by atoms with Gasteiger partial charge in [0, 0.05) is 17.8 Å². The predicted molar refractivity (Wildman–Crippen MR) is 70.8 cm³/mol. The first-order valence-corrected chi connectivity index (χ1v) is 6.13. The van der Waals surface area contributed by atoms with Crippen LogP contribution in [0.5, 0.6) is 0 Å². The van der Waals surface area contributed by atoms with Crippen molar-refractivity contribution >= 4 is 22.6 Å². The van der Waals surface area contributed by atoms with Crippen LogP contribution >= 0.6 is 0 Å². The zero-order valence-corrected chi connectivity index (χ0v) is 10.3. The summed E-state index contributed by atoms with van der Waals surface area (Å²) in [7, 11) is 0. The normalized spacial score (nSPS) is 15.2. The summed E-state index contributed by atoms with van der Waals surface area (Å²) in [6, 6.07) is 5.77. The highest BCUT2D eigenvalue weighted by Crippen LogP contribution is 2.13. The Kier molecular flexibility index (Phi) is 3.35. The van der Waals surface area contributed by atoms with Crippen molar-refractivity contribution in [2.45, 2.75) is 6.04 Å². The molecule has 0 radical (unpaired) electrons. The third-order valence-electron chi connectivity index (χ3n) is 2.95. The number of rotatable bonds is 4. The molecule has 0 aromatic carbocycles. The predicted octanol–water partition coefficient (Wildman–Crippen LogP) is 0.557. The fraction of sp³-hybridized carbons (Fsp3) is 0.308. The Labute approximate surface area is 110 Å². The van der Waals surface area contributed by atoms with Crippen molar-refractivity contribution in [3.8, 4) is 0 Å². The summed E-state index contributed by atoms with van der Waals surface area (Å²) in [5.74, 6) is 0.447. The van der Waals surface area contributed by atoms with Crippen LogP contribution in [0.25, 0.3) is 10.9 Å². The molecule has 3 rings (SSSR count). The summed E-state index contributed by atoms with van der Waals surface area (Å²) in [5, 5.41) is 6.81. The van der Waals surface area contributed by atoms with Gasteiger partial charge in [0.25, 0.3) is 0 Å². The van der Waals surface area contributed by atoms with Gasteiger partial charge in [-0.1, -0.05) is 0 Å². The number of anilines is 1. The molecule has 0 atom stereocenters. The van der Waals surface area contributed by atoms with Crippen molar-refractivity contribution in [1.82, 2.24) is 15.3 Å². The highest BCUT2D eigenvalue weighted by atomic mass is 16.5. The van der Waals surface area contributed by atoms with Gasteiger partial charge in [0.2, 0.25) is 5.91 Å². The largest absolute Gasteiger partial charge is 0.378 e. The standard InChI is InChI=1S/C13H14N4O2/c18-13(6-15-10-7-19-8-10)17-12-2-1-9-5-14-4-3-11(9)16-12/h1-5,10,15H,6-8H2,(H,16,17,18). The molecule has 2 aromatic heterocycles. The van der Waals surface area contributed by atoms with Gasteiger partial charge in [-0.3, -0.25) is 9.78 Å². The summed E-state index contributed by atoms with van der Waals surface area (Å²) in [5.41, 5.74) is 0.813. The van der Waals surface area contributed by atoms with Crippen molar-refractivity contribution in [3.05, 3.63) is 30.6 Å². The lowest BCUT2D eigenvalue weighted by Crippen LogP contribution is -2.48. The lowest BCUT2D eigenvalue weighted by molar-refractivity contribution is -0.116. The van der Waals surface area contributed by atoms with E-state index in [2.05, 4.69) is 20.6 Å². The van der Waals surface area contributed by atoms with E-state index in [1.807, 2.05) is 12.1 Å². The summed E-state index contributed by atoms with van der Waals surface area (Å²) in [4.78, 5) is 20.1. The van der Waals surface area contributed by atoms with E-state index in [0.29, 0.717) is 25.1 Å². The van der Waals surface area contributed by atoms with Crippen LogP contribution in [-0.2, 0) is 9.53 Å². The number of pyridine rings is 2. The number of ether oxygens (including phenoxy) is 1. The molecule has 1 aliphatic rings. The number of hydrogen-bond donors (Lipinski definition) is 2. The topological polar surface area (TPSA) is 76.1 Å². The first kappa shape index (κ1) is 12.0. The van der Waals surface area contributed by atoms with E-state index >= 15 is 0 Å². The van der Waals surface area contributed by atoms with E-state index < -0.39 is 0 Å². The van der Waals surface area contributed by atoms with E-state index in [0.717, 1.165) is 10.9 Å². The minimum Gasteiger partial charge on any atom is -0.378 e. The summed E-state index contributed by atoms with van der Waals surface area (Å²) in [6.07, 6.45) is 3.42. The van der Waals surface area contributed by atoms with E-state index in [9.17, 15) is 4.79 Å². The third-order valence-corrected chi connectivity index (χ3v) is 2.95. The van der Waals surface area contributed by atoms with Crippen LogP contribution in [0.3, 0.4) is 0 Å². The Bertz CT molecular complexity index is 598. The number of carbonyl (C=O) groups is 1. The smallest absolute Gasteiger partial charge is 0.239 e. The Morgan fingerprint density at radius 3 is 3.05 bits per heavy atom. The summed E-state index contributed by atoms with van der Waals surface area (Å²) >= 11 is 0. The van der Waals surface area contributed by atoms with Crippen LogP contribution < -0.4 is 10.6 Å². The van der Waals surface area contributed by atoms with Gasteiger partial charge in [-0.05, 0) is 18.2 Å². The molecule has 98 valence electrons. The maximum absolute atomic E-state index is 11.7. The molecular formula is C13H14N4O2. The highest BCUT2D eigenvalue weighted by molar-refractivity contribution is 5.92. The van der Waals surface area contributed by atoms with Crippen molar-refractivity contribution in [3.63, 3.8) is 0 Å². The number of nitrogens with zero attached hydrogens (tertiary/aromatic N) is 2. The van der Waals surface area contributed by atoms with E-state index in [1.54, 1.807) is 18.5 Å². The van der Waals surface area contributed by atoms with Crippen molar-refractivity contribution in [2.24, 2.45) is 0 Å². The molecule has 2 aromatic rings. The van der Waals surface area contributed by atoms with Crippen LogP contribution in [0.15, 0.2) is 30.6 Å². The van der Waals surface area contributed by atoms with Crippen LogP contribution in [0, 0.1) is 0 Å². The van der Waals surface area contributed by atoms with Gasteiger partial charge < -0.3 is 15.4 Å². The minimum atomic E-state index is -0.104. The Morgan fingerprint density at radius 2 is 2.26 bits per heavy atom. The maximum atomic E-state index is 11.7. The zero-order valence-electron chi connectivity index (χ0n) is 10.3. The van der Waals surface area contributed by atoms with E-state index in [4.69, 9.17) is 4.74 Å². The number of aromatic nitrogens is 2. The van der Waals surface area contributed by atoms with Gasteiger partial charge in [-0.15, -0.1) is 0 Å². The number of nitrogens with one attached hydrogen (secondary N) is 2. The minimum absolute atomic E-state index is 0.104. The molecule has 0 unspecified atom stereocenters. The molecular weight excluding hydrogens is 244 g/mol. The first-order chi connectivity index (χ1) is 9.31. The molecule has 0 bridgehead atoms. The van der Waals surface area contributed by atoms with E-state index in [-0.39, 0.29) is 12.5 Å². The van der Waals surface area contributed by atoms with Crippen LogP contribution in [0.1, 0.15) is 0 Å². The molecule has 1 aliphatic heterocycles. The van der Waals surface area contributed by atoms with Gasteiger partial charge in [-0.25, -0.2) is 4.98 Å². The number of fused-ring (bicyclic) bond motifs is 1. The second-order valence-electron chi connectivity index (χ2n) is 4.43. The van der Waals surface area contributed by atoms with Crippen LogP contribution in [-0.4, -0.2) is 41.7 Å². The maximum Gasteiger partial charge on any atom is 0.239 e. The van der Waals surface area contributed by atoms with Crippen molar-refractivity contribution in [1.29, 1.82) is 0 Å². The molecule has 0 saturated carbocycles. The average Bonchev–Trinajstić information content (AvgIpc) is 2.37. The quantitative estimate of drug-likeness (QED) is 0.838. The first-order valence-electron chi connectivity index (χ1n) is 6.13. The third kappa shape index (κ3) is 2.86. The summed E-state index contributed by atoms with van der Waals surface area (Å²) in [6.45, 7) is 1.62. The fourth-order valence-electron chi connectivity index (χ4n) is 1.81. The number of carbonyl (C=O) groups excluding carboxylic acids is 1. The van der Waals surface area contributed by atoms with Crippen molar-refractivity contribution < 1.29 is 9.53 Å². The SMILES string of the molecule is O=C(CNC1COC1)Nc1ccc2cnccc2n1. The molecule has 6 heteroatoms. The molecule has 0 aliphatic carbocycles. The van der Waals surface area contributed by atoms with Gasteiger partial charge in [0.15, 0.2) is 0 Å². The van der Waals surface area contributed by atoms with Gasteiger partial charge in [-0.2, -0.15) is 0 Å². The van der Waals surface area contributed by atoms with Gasteiger partial charge in [0.05, 0.1) is 31.3 Å². The highest BCUT2D eigenvalue weighted by Gasteiger charge is 2.18. The molecule has 1 saturated heterocycles. The van der Waals surface area contributed by atoms with Crippen LogP contribution in [0.2, 0.25) is 0 Å². The van der Waals surface area contributed by atoms with E-state index in [1.165, 1.54) is 0 Å². The molecule has 3 heterocycles. The lowest BCUT2D eigenvalue weighted by Gasteiger charge is -2.26. The van der Waals surface area contributed by atoms with Crippen molar-refractivity contribution in [2.75, 3.05) is 25.1 Å². The summed E-state index contributed by atoms with van der Waals surface area (Å²) < 4.78 is 5.02. The second kappa shape index (κ2) is 5.29. The molecule has 2 N–H and O–H groups in total. The monoisotopic (exact) mass is 258 g/mol. The number of amides is 1. The fourth-order valence-corrected chi connectivity index (χ4v) is 1.81. The molecule has 1 amide bonds. The zero-order chi connectivity index (χ0) is 13.1. The average molecular weight is 258 g/mol. The Hall–Kier alpha value is -2.05. The Morgan fingerprint density at radius 1 is 1.37 bits per heavy atom. The molecule has 1 fully saturated rings. The molecule has 0 spiro atoms. The molecule has 6 nitrogen and oxygen atoms in total. The van der Waals surface area contributed by atoms with Gasteiger partial charge in [0.1, 0.15) is 5.82 Å². The van der Waals surface area contributed by atoms with Gasteiger partial charge >= 0.3 is 0 Å². The number of hydrogen-bond acceptors (Lipinski definition) is 5. The van der Waals surface area contributed by atoms with Crippen LogP contribution in [0.4, 0.5) is 5.82 Å². The lowest BCUT2D eigenvalue weighted by atomic mass is 10.2. The Balaban J connectivity index is 1.61.